The summed E-state index contributed by atoms with van der Waals surface area (Å²) in [7, 11) is 1.84. The first kappa shape index (κ1) is 25.9. The van der Waals surface area contributed by atoms with E-state index in [2.05, 4.69) is 58.6 Å². The number of nitrogens with one attached hydrogen (secondary N) is 2. The molecule has 1 saturated carbocycles. The molecule has 1 aromatic carbocycles. The first-order valence-electron chi connectivity index (χ1n) is 11.5. The van der Waals surface area contributed by atoms with Crippen molar-refractivity contribution >= 4 is 35.8 Å². The van der Waals surface area contributed by atoms with Gasteiger partial charge in [-0.15, -0.1) is 24.0 Å². The van der Waals surface area contributed by atoms with Crippen molar-refractivity contribution in [3.8, 4) is 0 Å². The van der Waals surface area contributed by atoms with E-state index in [4.69, 9.17) is 5.73 Å². The fourth-order valence-corrected chi connectivity index (χ4v) is 4.94. The molecule has 2 aliphatic rings. The van der Waals surface area contributed by atoms with Crippen LogP contribution in [0.1, 0.15) is 69.4 Å². The summed E-state index contributed by atoms with van der Waals surface area (Å²) in [5.41, 5.74) is 8.36. The van der Waals surface area contributed by atoms with Gasteiger partial charge in [0.2, 0.25) is 5.91 Å². The number of guanidine groups is 1. The smallest absolute Gasteiger partial charge is 0.231 e. The topological polar surface area (TPSA) is 82.8 Å². The Morgan fingerprint density at radius 2 is 1.81 bits per heavy atom. The van der Waals surface area contributed by atoms with Crippen molar-refractivity contribution in [3.05, 3.63) is 35.4 Å². The summed E-state index contributed by atoms with van der Waals surface area (Å²) in [6.07, 6.45) is 7.02. The lowest BCUT2D eigenvalue weighted by atomic mass is 9.78. The highest BCUT2D eigenvalue weighted by atomic mass is 127. The Kier molecular flexibility index (Phi) is 10.1. The molecule has 7 heteroatoms. The van der Waals surface area contributed by atoms with Gasteiger partial charge in [0.05, 0.1) is 6.54 Å². The summed E-state index contributed by atoms with van der Waals surface area (Å²) in [5.74, 6) is 1.20. The van der Waals surface area contributed by atoms with Gasteiger partial charge in [-0.2, -0.15) is 0 Å². The highest BCUT2D eigenvalue weighted by Crippen LogP contribution is 2.41. The molecule has 4 N–H and O–H groups in total. The number of halogens is 1. The number of carbonyl (C=O) groups excluding carboxylic acids is 1. The van der Waals surface area contributed by atoms with Gasteiger partial charge in [0.25, 0.3) is 0 Å². The number of hydrogen-bond donors (Lipinski definition) is 3. The molecule has 0 spiro atoms. The van der Waals surface area contributed by atoms with Crippen molar-refractivity contribution in [2.75, 3.05) is 33.2 Å². The van der Waals surface area contributed by atoms with Gasteiger partial charge >= 0.3 is 0 Å². The number of nitrogens with two attached hydrogens (primary N) is 1. The van der Waals surface area contributed by atoms with Gasteiger partial charge in [0.1, 0.15) is 0 Å². The fourth-order valence-electron chi connectivity index (χ4n) is 4.94. The molecule has 0 aromatic heterocycles. The van der Waals surface area contributed by atoms with Crippen LogP contribution in [-0.2, 0) is 10.2 Å². The number of primary amides is 1. The number of carbonyl (C=O) groups is 1. The number of likely N-dealkylation sites (tertiary alicyclic amines) is 1. The molecule has 1 heterocycles. The molecular formula is C24H40IN5O. The number of piperidine rings is 1. The van der Waals surface area contributed by atoms with Crippen molar-refractivity contribution in [3.63, 3.8) is 0 Å². The fraction of sp³-hybridized carbons (Fsp3) is 0.667. The summed E-state index contributed by atoms with van der Waals surface area (Å²) in [6.45, 7) is 7.55. The second-order valence-electron chi connectivity index (χ2n) is 9.35. The number of hydrogen-bond acceptors (Lipinski definition) is 3. The second-order valence-corrected chi connectivity index (χ2v) is 9.35. The van der Waals surface area contributed by atoms with E-state index in [1.165, 1.54) is 36.8 Å². The summed E-state index contributed by atoms with van der Waals surface area (Å²) in [5, 5.41) is 7.22. The minimum Gasteiger partial charge on any atom is -0.369 e. The highest BCUT2D eigenvalue weighted by Gasteiger charge is 2.36. The summed E-state index contributed by atoms with van der Waals surface area (Å²) in [4.78, 5) is 17.7. The monoisotopic (exact) mass is 541 g/mol. The van der Waals surface area contributed by atoms with Crippen LogP contribution in [0, 0.1) is 0 Å². The quantitative estimate of drug-likeness (QED) is 0.281. The third-order valence-electron chi connectivity index (χ3n) is 6.88. The van der Waals surface area contributed by atoms with Crippen LogP contribution >= 0.6 is 24.0 Å². The van der Waals surface area contributed by atoms with Crippen LogP contribution in [0.25, 0.3) is 0 Å². The molecule has 174 valence electrons. The predicted octanol–water partition coefficient (Wildman–Crippen LogP) is 3.35. The molecule has 1 amide bonds. The molecule has 0 atom stereocenters. The predicted molar refractivity (Wildman–Crippen MR) is 139 cm³/mol. The second kappa shape index (κ2) is 12.0. The zero-order valence-corrected chi connectivity index (χ0v) is 21.7. The molecule has 0 radical (unpaired) electrons. The van der Waals surface area contributed by atoms with Gasteiger partial charge < -0.3 is 16.4 Å². The van der Waals surface area contributed by atoms with Crippen LogP contribution in [0.4, 0.5) is 0 Å². The average Bonchev–Trinajstić information content (AvgIpc) is 3.22. The molecule has 3 rings (SSSR count). The molecule has 31 heavy (non-hydrogen) atoms. The number of amides is 1. The Bertz CT molecular complexity index is 720. The first-order valence-corrected chi connectivity index (χ1v) is 11.5. The molecule has 1 aliphatic heterocycles. The summed E-state index contributed by atoms with van der Waals surface area (Å²) < 4.78 is 0. The van der Waals surface area contributed by atoms with E-state index in [1.54, 1.807) is 0 Å². The van der Waals surface area contributed by atoms with E-state index in [9.17, 15) is 4.79 Å². The zero-order valence-electron chi connectivity index (χ0n) is 19.3. The van der Waals surface area contributed by atoms with Crippen molar-refractivity contribution in [1.29, 1.82) is 0 Å². The van der Waals surface area contributed by atoms with Crippen LogP contribution < -0.4 is 16.4 Å². The van der Waals surface area contributed by atoms with Crippen molar-refractivity contribution in [2.45, 2.75) is 69.7 Å². The number of benzene rings is 1. The van der Waals surface area contributed by atoms with Crippen LogP contribution in [0.2, 0.25) is 0 Å². The SMILES string of the molecule is CN=C(NCC1(c2ccc(C(C)C)cc2)CCCC1)NC1CCN(CC(N)=O)CC1.I. The average molecular weight is 542 g/mol. The Balaban J connectivity index is 0.00000341. The van der Waals surface area contributed by atoms with Gasteiger partial charge in [-0.3, -0.25) is 14.7 Å². The first-order chi connectivity index (χ1) is 14.4. The maximum atomic E-state index is 11.1. The van der Waals surface area contributed by atoms with Gasteiger partial charge in [-0.05, 0) is 42.7 Å². The largest absolute Gasteiger partial charge is 0.369 e. The molecule has 1 aromatic rings. The summed E-state index contributed by atoms with van der Waals surface area (Å²) in [6, 6.07) is 9.66. The van der Waals surface area contributed by atoms with Crippen LogP contribution in [-0.4, -0.2) is 56.0 Å². The number of nitrogens with zero attached hydrogens (tertiary/aromatic N) is 2. The normalized spacial score (nSPS) is 19.8. The molecular weight excluding hydrogens is 501 g/mol. The Hall–Kier alpha value is -1.35. The van der Waals surface area contributed by atoms with Crippen LogP contribution in [0.5, 0.6) is 0 Å². The van der Waals surface area contributed by atoms with Gasteiger partial charge in [-0.25, -0.2) is 0 Å². The van der Waals surface area contributed by atoms with Crippen LogP contribution in [0.15, 0.2) is 29.3 Å². The van der Waals surface area contributed by atoms with Gasteiger partial charge in [0, 0.05) is 38.1 Å². The number of rotatable bonds is 7. The van der Waals surface area contributed by atoms with Crippen molar-refractivity contribution in [2.24, 2.45) is 10.7 Å². The van der Waals surface area contributed by atoms with Gasteiger partial charge in [0.15, 0.2) is 5.96 Å². The maximum Gasteiger partial charge on any atom is 0.231 e. The lowest BCUT2D eigenvalue weighted by Crippen LogP contribution is -2.51. The molecule has 6 nitrogen and oxygen atoms in total. The van der Waals surface area contributed by atoms with E-state index in [1.807, 2.05) is 7.05 Å². The molecule has 1 aliphatic carbocycles. The van der Waals surface area contributed by atoms with E-state index in [0.717, 1.165) is 38.4 Å². The Morgan fingerprint density at radius 1 is 1.19 bits per heavy atom. The standard InChI is InChI=1S/C24H39N5O.HI/c1-18(2)19-6-8-20(9-7-19)24(12-4-5-13-24)17-27-23(26-3)28-21-10-14-29(15-11-21)16-22(25)30;/h6-9,18,21H,4-5,10-17H2,1-3H3,(H2,25,30)(H2,26,27,28);1H. The Labute approximate surface area is 204 Å². The third-order valence-corrected chi connectivity index (χ3v) is 6.88. The zero-order chi connectivity index (χ0) is 21.6. The van der Waals surface area contributed by atoms with E-state index < -0.39 is 0 Å². The minimum atomic E-state index is -0.248. The number of aliphatic imine (C=N–C) groups is 1. The van der Waals surface area contributed by atoms with E-state index in [-0.39, 0.29) is 35.3 Å². The summed E-state index contributed by atoms with van der Waals surface area (Å²) >= 11 is 0. The molecule has 0 unspecified atom stereocenters. The molecule has 0 bridgehead atoms. The minimum absolute atomic E-state index is 0. The van der Waals surface area contributed by atoms with Gasteiger partial charge in [-0.1, -0.05) is 51.0 Å². The lowest BCUT2D eigenvalue weighted by Gasteiger charge is -2.34. The van der Waals surface area contributed by atoms with Crippen molar-refractivity contribution < 1.29 is 4.79 Å². The molecule has 1 saturated heterocycles. The van der Waals surface area contributed by atoms with Crippen LogP contribution in [0.3, 0.4) is 0 Å². The highest BCUT2D eigenvalue weighted by molar-refractivity contribution is 14.0. The third kappa shape index (κ3) is 7.07. The van der Waals surface area contributed by atoms with E-state index >= 15 is 0 Å². The lowest BCUT2D eigenvalue weighted by molar-refractivity contribution is -0.119. The van der Waals surface area contributed by atoms with Crippen molar-refractivity contribution in [1.82, 2.24) is 15.5 Å². The maximum absolute atomic E-state index is 11.1. The molecule has 2 fully saturated rings. The Morgan fingerprint density at radius 3 is 2.32 bits per heavy atom. The van der Waals surface area contributed by atoms with E-state index in [0.29, 0.717) is 18.5 Å².